The number of rotatable bonds is 9. The standard InChI is InChI=1S/C9H22O5Si2/c1-10-16(11-2,12-3)5-4-9(15)14-7-8-6-13-8/h8-9H,4-7H2,1-3,15H3/t8?,9-/m0/s1. The summed E-state index contributed by atoms with van der Waals surface area (Å²) in [5, 5.41) is 0. The molecule has 0 N–H and O–H groups in total. The van der Waals surface area contributed by atoms with Crippen molar-refractivity contribution >= 4 is 19.0 Å². The number of hydrogen-bond acceptors (Lipinski definition) is 5. The summed E-state index contributed by atoms with van der Waals surface area (Å²) < 4.78 is 26.8. The van der Waals surface area contributed by atoms with E-state index in [9.17, 15) is 0 Å². The van der Waals surface area contributed by atoms with Crippen LogP contribution in [0.4, 0.5) is 0 Å². The minimum absolute atomic E-state index is 0.316. The quantitative estimate of drug-likeness (QED) is 0.410. The smallest absolute Gasteiger partial charge is 0.380 e. The van der Waals surface area contributed by atoms with Crippen molar-refractivity contribution < 1.29 is 22.8 Å². The van der Waals surface area contributed by atoms with E-state index in [4.69, 9.17) is 22.8 Å². The summed E-state index contributed by atoms with van der Waals surface area (Å²) in [7, 11) is 3.51. The Balaban J connectivity index is 2.18. The predicted octanol–water partition coefficient (Wildman–Crippen LogP) is -0.639. The van der Waals surface area contributed by atoms with E-state index < -0.39 is 8.80 Å². The van der Waals surface area contributed by atoms with Gasteiger partial charge in [0.25, 0.3) is 0 Å². The maximum atomic E-state index is 5.69. The normalized spacial score (nSPS) is 22.3. The van der Waals surface area contributed by atoms with E-state index in [0.29, 0.717) is 11.8 Å². The lowest BCUT2D eigenvalue weighted by atomic mass is 10.5. The van der Waals surface area contributed by atoms with E-state index in [1.54, 1.807) is 21.3 Å². The van der Waals surface area contributed by atoms with Crippen LogP contribution in [0.5, 0.6) is 0 Å². The van der Waals surface area contributed by atoms with Gasteiger partial charge in [-0.05, 0) is 6.42 Å². The summed E-state index contributed by atoms with van der Waals surface area (Å²) >= 11 is 0. The molecule has 0 amide bonds. The van der Waals surface area contributed by atoms with Gasteiger partial charge in [-0.25, -0.2) is 0 Å². The molecule has 0 radical (unpaired) electrons. The molecule has 1 aliphatic heterocycles. The second-order valence-electron chi connectivity index (χ2n) is 3.93. The molecule has 1 rings (SSSR count). The van der Waals surface area contributed by atoms with Gasteiger partial charge in [0.2, 0.25) is 0 Å². The number of epoxide rings is 1. The molecule has 0 aromatic heterocycles. The maximum Gasteiger partial charge on any atom is 0.500 e. The van der Waals surface area contributed by atoms with Crippen molar-refractivity contribution in [2.45, 2.75) is 24.3 Å². The molecule has 0 spiro atoms. The average Bonchev–Trinajstić information content (AvgIpc) is 3.13. The molecule has 0 aromatic carbocycles. The Morgan fingerprint density at radius 2 is 1.88 bits per heavy atom. The molecule has 1 aliphatic rings. The molecule has 2 atom stereocenters. The van der Waals surface area contributed by atoms with Crippen LogP contribution in [0, 0.1) is 0 Å². The lowest BCUT2D eigenvalue weighted by Gasteiger charge is -2.25. The SMILES string of the molecule is CO[Si](CC[C@H]([SiH3])OCC1CO1)(OC)OC. The van der Waals surface area contributed by atoms with Gasteiger partial charge in [0.15, 0.2) is 0 Å². The number of hydrogen-bond donors (Lipinski definition) is 0. The van der Waals surface area contributed by atoms with Crippen LogP contribution < -0.4 is 0 Å². The van der Waals surface area contributed by atoms with Gasteiger partial charge in [-0.2, -0.15) is 0 Å². The van der Waals surface area contributed by atoms with Gasteiger partial charge in [-0.3, -0.25) is 0 Å². The molecule has 0 saturated carbocycles. The monoisotopic (exact) mass is 266 g/mol. The van der Waals surface area contributed by atoms with Crippen LogP contribution in [0.25, 0.3) is 0 Å². The summed E-state index contributed by atoms with van der Waals surface area (Å²) in [6.45, 7) is 1.57. The van der Waals surface area contributed by atoms with E-state index in [1.807, 2.05) is 0 Å². The minimum atomic E-state index is -2.41. The van der Waals surface area contributed by atoms with E-state index in [2.05, 4.69) is 0 Å². The summed E-state index contributed by atoms with van der Waals surface area (Å²) in [4.78, 5) is 0. The molecule has 96 valence electrons. The van der Waals surface area contributed by atoms with Crippen molar-refractivity contribution in [3.63, 3.8) is 0 Å². The Morgan fingerprint density at radius 3 is 2.31 bits per heavy atom. The van der Waals surface area contributed by atoms with Gasteiger partial charge in [0.1, 0.15) is 6.10 Å². The molecule has 1 fully saturated rings. The van der Waals surface area contributed by atoms with Crippen molar-refractivity contribution in [1.82, 2.24) is 0 Å². The summed E-state index contributed by atoms with van der Waals surface area (Å²) in [5.74, 6) is 0. The van der Waals surface area contributed by atoms with Gasteiger partial charge in [0, 0.05) is 43.3 Å². The zero-order valence-corrected chi connectivity index (χ0v) is 13.5. The first-order chi connectivity index (χ1) is 7.65. The molecule has 7 heteroatoms. The fourth-order valence-corrected chi connectivity index (χ4v) is 4.39. The van der Waals surface area contributed by atoms with Crippen LogP contribution in [0.2, 0.25) is 6.04 Å². The summed E-state index contributed by atoms with van der Waals surface area (Å²) in [6, 6.07) is 0.802. The summed E-state index contributed by atoms with van der Waals surface area (Å²) in [5.41, 5.74) is 0.316. The molecule has 1 heterocycles. The highest BCUT2D eigenvalue weighted by Gasteiger charge is 2.37. The molecule has 0 aliphatic carbocycles. The zero-order valence-electron chi connectivity index (χ0n) is 10.5. The largest absolute Gasteiger partial charge is 0.500 e. The van der Waals surface area contributed by atoms with Crippen LogP contribution in [0.1, 0.15) is 6.42 Å². The molecule has 5 nitrogen and oxygen atoms in total. The van der Waals surface area contributed by atoms with Gasteiger partial charge in [0.05, 0.1) is 13.2 Å². The fraction of sp³-hybridized carbons (Fsp3) is 1.00. The third kappa shape index (κ3) is 4.62. The third-order valence-electron chi connectivity index (χ3n) is 2.76. The Labute approximate surface area is 101 Å². The molecule has 0 aromatic rings. The van der Waals surface area contributed by atoms with E-state index in [-0.39, 0.29) is 0 Å². The van der Waals surface area contributed by atoms with Crippen molar-refractivity contribution in [3.8, 4) is 0 Å². The van der Waals surface area contributed by atoms with Gasteiger partial charge < -0.3 is 22.8 Å². The van der Waals surface area contributed by atoms with Crippen molar-refractivity contribution in [1.29, 1.82) is 0 Å². The molecule has 1 saturated heterocycles. The molecule has 1 unspecified atom stereocenters. The maximum absolute atomic E-state index is 5.69. The van der Waals surface area contributed by atoms with Crippen LogP contribution in [0.3, 0.4) is 0 Å². The number of ether oxygens (including phenoxy) is 2. The van der Waals surface area contributed by atoms with Gasteiger partial charge in [-0.15, -0.1) is 0 Å². The van der Waals surface area contributed by atoms with E-state index in [0.717, 1.165) is 35.9 Å². The van der Waals surface area contributed by atoms with Crippen molar-refractivity contribution in [2.24, 2.45) is 0 Å². The van der Waals surface area contributed by atoms with Crippen LogP contribution >= 0.6 is 0 Å². The van der Waals surface area contributed by atoms with Crippen LogP contribution in [0.15, 0.2) is 0 Å². The van der Waals surface area contributed by atoms with Crippen molar-refractivity contribution in [3.05, 3.63) is 0 Å². The fourth-order valence-electron chi connectivity index (χ4n) is 1.46. The first kappa shape index (κ1) is 14.3. The Kier molecular flexibility index (Phi) is 6.12. The lowest BCUT2D eigenvalue weighted by molar-refractivity contribution is 0.0797. The topological polar surface area (TPSA) is 49.5 Å². The highest BCUT2D eigenvalue weighted by molar-refractivity contribution is 6.60. The Morgan fingerprint density at radius 1 is 1.31 bits per heavy atom. The minimum Gasteiger partial charge on any atom is -0.380 e. The first-order valence-electron chi connectivity index (χ1n) is 5.54. The second kappa shape index (κ2) is 6.85. The van der Waals surface area contributed by atoms with E-state index >= 15 is 0 Å². The first-order valence-corrected chi connectivity index (χ1v) is 8.63. The van der Waals surface area contributed by atoms with Crippen molar-refractivity contribution in [2.75, 3.05) is 34.5 Å². The Bertz CT molecular complexity index is 188. The third-order valence-corrected chi connectivity index (χ3v) is 6.44. The molecular weight excluding hydrogens is 244 g/mol. The predicted molar refractivity (Wildman–Crippen MR) is 65.6 cm³/mol. The average molecular weight is 266 g/mol. The molecular formula is C9H22O5Si2. The lowest BCUT2D eigenvalue weighted by Crippen LogP contribution is -2.43. The van der Waals surface area contributed by atoms with Gasteiger partial charge >= 0.3 is 8.80 Å². The van der Waals surface area contributed by atoms with Crippen LogP contribution in [-0.4, -0.2) is 65.4 Å². The Hall–Kier alpha value is 0.234. The highest BCUT2D eigenvalue weighted by atomic mass is 28.4. The molecule has 16 heavy (non-hydrogen) atoms. The second-order valence-corrected chi connectivity index (χ2v) is 8.31. The highest BCUT2D eigenvalue weighted by Crippen LogP contribution is 2.17. The summed E-state index contributed by atoms with van der Waals surface area (Å²) in [6.07, 6.45) is 1.27. The molecule has 0 bridgehead atoms. The van der Waals surface area contributed by atoms with E-state index in [1.165, 1.54) is 0 Å². The van der Waals surface area contributed by atoms with Gasteiger partial charge in [-0.1, -0.05) is 0 Å². The zero-order chi connectivity index (χ0) is 12.0. The van der Waals surface area contributed by atoms with Crippen LogP contribution in [-0.2, 0) is 22.8 Å².